The summed E-state index contributed by atoms with van der Waals surface area (Å²) in [6.07, 6.45) is 2.30. The van der Waals surface area contributed by atoms with Crippen LogP contribution in [0.4, 0.5) is 0 Å². The maximum Gasteiger partial charge on any atom is 0.112 e. The molecule has 0 radical (unpaired) electrons. The molecule has 1 saturated heterocycles. The van der Waals surface area contributed by atoms with E-state index < -0.39 is 0 Å². The predicted octanol–water partition coefficient (Wildman–Crippen LogP) is 3.27. The Morgan fingerprint density at radius 3 is 2.73 bits per heavy atom. The molecular formula is C18H27N3O. The van der Waals surface area contributed by atoms with E-state index in [4.69, 9.17) is 9.72 Å². The molecule has 0 aliphatic carbocycles. The quantitative estimate of drug-likeness (QED) is 0.820. The van der Waals surface area contributed by atoms with Gasteiger partial charge >= 0.3 is 0 Å². The van der Waals surface area contributed by atoms with Crippen molar-refractivity contribution >= 4 is 11.0 Å². The molecule has 3 rings (SSSR count). The first-order chi connectivity index (χ1) is 10.8. The number of hydrogen-bond acceptors (Lipinski definition) is 3. The molecule has 1 unspecified atom stereocenters. The fourth-order valence-electron chi connectivity index (χ4n) is 3.17. The van der Waals surface area contributed by atoms with Gasteiger partial charge in [-0.1, -0.05) is 26.0 Å². The molecular weight excluding hydrogens is 274 g/mol. The predicted molar refractivity (Wildman–Crippen MR) is 90.3 cm³/mol. The van der Waals surface area contributed by atoms with Gasteiger partial charge in [-0.2, -0.15) is 0 Å². The normalized spacial score (nSPS) is 17.9. The largest absolute Gasteiger partial charge is 0.379 e. The van der Waals surface area contributed by atoms with E-state index in [-0.39, 0.29) is 0 Å². The molecule has 1 aromatic heterocycles. The Bertz CT molecular complexity index is 601. The molecule has 0 bridgehead atoms. The van der Waals surface area contributed by atoms with Crippen molar-refractivity contribution in [3.05, 3.63) is 30.1 Å². The zero-order valence-electron chi connectivity index (χ0n) is 13.8. The number of morpholine rings is 1. The second kappa shape index (κ2) is 7.25. The number of ether oxygens (including phenoxy) is 1. The van der Waals surface area contributed by atoms with Crippen molar-refractivity contribution in [2.45, 2.75) is 39.2 Å². The van der Waals surface area contributed by atoms with E-state index in [0.29, 0.717) is 5.92 Å². The summed E-state index contributed by atoms with van der Waals surface area (Å²) in [7, 11) is 0. The van der Waals surface area contributed by atoms with Crippen molar-refractivity contribution in [3.8, 4) is 0 Å². The summed E-state index contributed by atoms with van der Waals surface area (Å²) in [5, 5.41) is 0. The fraction of sp³-hybridized carbons (Fsp3) is 0.611. The highest BCUT2D eigenvalue weighted by atomic mass is 16.5. The summed E-state index contributed by atoms with van der Waals surface area (Å²) in [5.41, 5.74) is 2.41. The van der Waals surface area contributed by atoms with Crippen molar-refractivity contribution in [2.75, 3.05) is 32.8 Å². The number of imidazole rings is 1. The highest BCUT2D eigenvalue weighted by Gasteiger charge is 2.16. The first-order valence-electron chi connectivity index (χ1n) is 8.55. The number of para-hydroxylation sites is 2. The molecule has 1 aromatic carbocycles. The Hall–Kier alpha value is -1.39. The van der Waals surface area contributed by atoms with Crippen molar-refractivity contribution in [1.29, 1.82) is 0 Å². The van der Waals surface area contributed by atoms with Crippen LogP contribution in [0.1, 0.15) is 38.4 Å². The van der Waals surface area contributed by atoms with Gasteiger partial charge in [0.1, 0.15) is 5.82 Å². The number of aryl methyl sites for hydroxylation is 1. The average Bonchev–Trinajstić information content (AvgIpc) is 2.94. The number of nitrogens with zero attached hydrogens (tertiary/aromatic N) is 3. The minimum Gasteiger partial charge on any atom is -0.379 e. The first-order valence-corrected chi connectivity index (χ1v) is 8.55. The summed E-state index contributed by atoms with van der Waals surface area (Å²) in [5.74, 6) is 1.75. The Labute approximate surface area is 133 Å². The van der Waals surface area contributed by atoms with E-state index in [1.54, 1.807) is 0 Å². The van der Waals surface area contributed by atoms with Crippen molar-refractivity contribution in [1.82, 2.24) is 14.5 Å². The van der Waals surface area contributed by atoms with E-state index in [2.05, 4.69) is 47.6 Å². The number of aromatic nitrogens is 2. The molecule has 0 saturated carbocycles. The van der Waals surface area contributed by atoms with E-state index in [0.717, 1.165) is 51.3 Å². The van der Waals surface area contributed by atoms with Crippen LogP contribution in [0.5, 0.6) is 0 Å². The number of hydrogen-bond donors (Lipinski definition) is 0. The molecule has 120 valence electrons. The summed E-state index contributed by atoms with van der Waals surface area (Å²) in [4.78, 5) is 7.38. The molecule has 22 heavy (non-hydrogen) atoms. The van der Waals surface area contributed by atoms with Gasteiger partial charge in [0.05, 0.1) is 24.2 Å². The maximum absolute atomic E-state index is 5.42. The lowest BCUT2D eigenvalue weighted by atomic mass is 10.1. The molecule has 2 heterocycles. The van der Waals surface area contributed by atoms with Gasteiger partial charge in [-0.05, 0) is 25.0 Å². The summed E-state index contributed by atoms with van der Waals surface area (Å²) in [6, 6.07) is 8.51. The van der Waals surface area contributed by atoms with Crippen LogP contribution in [0, 0.1) is 0 Å². The standard InChI is InChI=1S/C18H27N3O/c1-3-15(2)18-19-16-7-4-5-8-17(16)21(18)10-6-9-20-11-13-22-14-12-20/h4-5,7-8,15H,3,6,9-14H2,1-2H3. The summed E-state index contributed by atoms with van der Waals surface area (Å²) >= 11 is 0. The van der Waals surface area contributed by atoms with Crippen LogP contribution < -0.4 is 0 Å². The Kier molecular flexibility index (Phi) is 5.11. The third-order valence-corrected chi connectivity index (χ3v) is 4.70. The van der Waals surface area contributed by atoms with Crippen molar-refractivity contribution in [2.24, 2.45) is 0 Å². The van der Waals surface area contributed by atoms with Crippen LogP contribution in [-0.4, -0.2) is 47.3 Å². The van der Waals surface area contributed by atoms with Gasteiger partial charge in [-0.3, -0.25) is 4.90 Å². The molecule has 1 fully saturated rings. The Balaban J connectivity index is 1.73. The van der Waals surface area contributed by atoms with Crippen LogP contribution in [0.25, 0.3) is 11.0 Å². The van der Waals surface area contributed by atoms with E-state index in [9.17, 15) is 0 Å². The van der Waals surface area contributed by atoms with Crippen LogP contribution in [0.3, 0.4) is 0 Å². The average molecular weight is 301 g/mol. The smallest absolute Gasteiger partial charge is 0.112 e. The van der Waals surface area contributed by atoms with Gasteiger partial charge < -0.3 is 9.30 Å². The SMILES string of the molecule is CCC(C)c1nc2ccccc2n1CCCN1CCOCC1. The van der Waals surface area contributed by atoms with Gasteiger partial charge in [0.15, 0.2) is 0 Å². The fourth-order valence-corrected chi connectivity index (χ4v) is 3.17. The molecule has 1 aliphatic heterocycles. The van der Waals surface area contributed by atoms with E-state index in [1.165, 1.54) is 17.8 Å². The van der Waals surface area contributed by atoms with Gasteiger partial charge in [0.25, 0.3) is 0 Å². The minimum absolute atomic E-state index is 0.510. The third kappa shape index (κ3) is 3.33. The van der Waals surface area contributed by atoms with E-state index in [1.807, 2.05) is 0 Å². The third-order valence-electron chi connectivity index (χ3n) is 4.70. The van der Waals surface area contributed by atoms with Crippen LogP contribution in [-0.2, 0) is 11.3 Å². The zero-order valence-corrected chi connectivity index (χ0v) is 13.8. The van der Waals surface area contributed by atoms with Gasteiger partial charge in [0.2, 0.25) is 0 Å². The lowest BCUT2D eigenvalue weighted by Gasteiger charge is -2.26. The highest BCUT2D eigenvalue weighted by molar-refractivity contribution is 5.76. The van der Waals surface area contributed by atoms with Crippen LogP contribution >= 0.6 is 0 Å². The van der Waals surface area contributed by atoms with Crippen molar-refractivity contribution < 1.29 is 4.74 Å². The lowest BCUT2D eigenvalue weighted by Crippen LogP contribution is -2.37. The van der Waals surface area contributed by atoms with Crippen molar-refractivity contribution in [3.63, 3.8) is 0 Å². The first kappa shape index (κ1) is 15.5. The van der Waals surface area contributed by atoms with Crippen LogP contribution in [0.2, 0.25) is 0 Å². The maximum atomic E-state index is 5.42. The molecule has 4 nitrogen and oxygen atoms in total. The molecule has 2 aromatic rings. The molecule has 1 aliphatic rings. The number of rotatable bonds is 6. The van der Waals surface area contributed by atoms with E-state index >= 15 is 0 Å². The summed E-state index contributed by atoms with van der Waals surface area (Å²) in [6.45, 7) is 10.6. The highest BCUT2D eigenvalue weighted by Crippen LogP contribution is 2.24. The number of fused-ring (bicyclic) bond motifs is 1. The molecule has 1 atom stereocenters. The summed E-state index contributed by atoms with van der Waals surface area (Å²) < 4.78 is 7.85. The molecule has 0 spiro atoms. The van der Waals surface area contributed by atoms with Gasteiger partial charge in [0, 0.05) is 32.1 Å². The molecule has 0 N–H and O–H groups in total. The molecule has 4 heteroatoms. The lowest BCUT2D eigenvalue weighted by molar-refractivity contribution is 0.0369. The monoisotopic (exact) mass is 301 g/mol. The minimum atomic E-state index is 0.510. The Morgan fingerprint density at radius 1 is 1.18 bits per heavy atom. The zero-order chi connectivity index (χ0) is 15.4. The van der Waals surface area contributed by atoms with Gasteiger partial charge in [-0.25, -0.2) is 4.98 Å². The van der Waals surface area contributed by atoms with Gasteiger partial charge in [-0.15, -0.1) is 0 Å². The van der Waals surface area contributed by atoms with Crippen LogP contribution in [0.15, 0.2) is 24.3 Å². The topological polar surface area (TPSA) is 30.3 Å². The second-order valence-corrected chi connectivity index (χ2v) is 6.23. The molecule has 0 amide bonds. The second-order valence-electron chi connectivity index (χ2n) is 6.23. The number of benzene rings is 1. The Morgan fingerprint density at radius 2 is 1.95 bits per heavy atom.